The summed E-state index contributed by atoms with van der Waals surface area (Å²) in [6.07, 6.45) is 0. The molecule has 0 fully saturated rings. The molecule has 0 aliphatic heterocycles. The summed E-state index contributed by atoms with van der Waals surface area (Å²) in [4.78, 5) is 9.45. The molecule has 0 atom stereocenters. The molecule has 27 heavy (non-hydrogen) atoms. The molecule has 0 unspecified atom stereocenters. The molecule has 4 aromatic heterocycles. The maximum absolute atomic E-state index is 5.93. The number of hydrogen-bond acceptors (Lipinski definition) is 4. The van der Waals surface area contributed by atoms with Crippen LogP contribution < -0.4 is 0 Å². The van der Waals surface area contributed by atoms with Gasteiger partial charge in [-0.25, -0.2) is 9.97 Å². The van der Waals surface area contributed by atoms with Gasteiger partial charge in [-0.3, -0.25) is 0 Å². The highest BCUT2D eigenvalue weighted by Crippen LogP contribution is 2.33. The second-order valence-electron chi connectivity index (χ2n) is 6.44. The Labute approximate surface area is 167 Å². The van der Waals surface area contributed by atoms with Crippen LogP contribution >= 0.6 is 22.6 Å². The van der Waals surface area contributed by atoms with E-state index in [4.69, 9.17) is 13.8 Å². The van der Waals surface area contributed by atoms with E-state index in [1.807, 2.05) is 54.6 Å². The molecule has 0 bridgehead atoms. The van der Waals surface area contributed by atoms with E-state index in [2.05, 4.69) is 39.7 Å². The summed E-state index contributed by atoms with van der Waals surface area (Å²) < 4.78 is 12.7. The number of nitrogens with zero attached hydrogens (tertiary/aromatic N) is 2. The van der Waals surface area contributed by atoms with Crippen molar-refractivity contribution in [1.29, 1.82) is 0 Å². The third-order valence-electron chi connectivity index (χ3n) is 4.80. The van der Waals surface area contributed by atoms with Crippen molar-refractivity contribution in [3.05, 3.63) is 70.4 Å². The van der Waals surface area contributed by atoms with Gasteiger partial charge in [0, 0.05) is 16.3 Å². The highest BCUT2D eigenvalue weighted by Gasteiger charge is 2.13. The van der Waals surface area contributed by atoms with E-state index in [-0.39, 0.29) is 0 Å². The molecule has 0 saturated carbocycles. The molecular weight excluding hydrogens is 451 g/mol. The Balaban J connectivity index is 1.61. The van der Waals surface area contributed by atoms with Crippen LogP contribution in [0.4, 0.5) is 0 Å². The van der Waals surface area contributed by atoms with Gasteiger partial charge in [-0.15, -0.1) is 0 Å². The van der Waals surface area contributed by atoms with Gasteiger partial charge >= 0.3 is 0 Å². The van der Waals surface area contributed by atoms with Crippen LogP contribution in [-0.4, -0.2) is 9.97 Å². The van der Waals surface area contributed by atoms with Crippen LogP contribution in [0, 0.1) is 3.70 Å². The Morgan fingerprint density at radius 2 is 1.33 bits per heavy atom. The highest BCUT2D eigenvalue weighted by molar-refractivity contribution is 14.1. The second kappa shape index (κ2) is 5.53. The van der Waals surface area contributed by atoms with Gasteiger partial charge in [0.15, 0.2) is 11.2 Å². The van der Waals surface area contributed by atoms with Crippen molar-refractivity contribution in [3.63, 3.8) is 0 Å². The molecule has 0 spiro atoms. The zero-order chi connectivity index (χ0) is 18.0. The van der Waals surface area contributed by atoms with Crippen molar-refractivity contribution in [3.8, 4) is 11.3 Å². The topological polar surface area (TPSA) is 52.1 Å². The van der Waals surface area contributed by atoms with Gasteiger partial charge in [0.1, 0.15) is 25.9 Å². The average molecular weight is 462 g/mol. The van der Waals surface area contributed by atoms with Crippen molar-refractivity contribution in [1.82, 2.24) is 9.97 Å². The van der Waals surface area contributed by atoms with Crippen molar-refractivity contribution in [2.45, 2.75) is 0 Å². The van der Waals surface area contributed by atoms with Crippen LogP contribution in [0.25, 0.3) is 55.4 Å². The number of rotatable bonds is 1. The van der Waals surface area contributed by atoms with E-state index < -0.39 is 0 Å². The van der Waals surface area contributed by atoms with Crippen molar-refractivity contribution in [2.24, 2.45) is 0 Å². The molecule has 0 saturated heterocycles. The number of furan rings is 2. The molecule has 0 aliphatic rings. The maximum atomic E-state index is 5.93. The van der Waals surface area contributed by atoms with Gasteiger partial charge in [0.25, 0.3) is 0 Å². The summed E-state index contributed by atoms with van der Waals surface area (Å²) in [5, 5.41) is 2.20. The minimum Gasteiger partial charge on any atom is -0.456 e. The summed E-state index contributed by atoms with van der Waals surface area (Å²) in [5.74, 6) is 0. The van der Waals surface area contributed by atoms with Gasteiger partial charge in [0.05, 0.1) is 5.69 Å². The monoisotopic (exact) mass is 462 g/mol. The second-order valence-corrected chi connectivity index (χ2v) is 7.54. The van der Waals surface area contributed by atoms with Gasteiger partial charge in [-0.1, -0.05) is 18.2 Å². The average Bonchev–Trinajstić information content (AvgIpc) is 3.25. The lowest BCUT2D eigenvalue weighted by Gasteiger charge is -2.01. The van der Waals surface area contributed by atoms with Crippen LogP contribution in [0.3, 0.4) is 0 Å². The molecule has 5 heteroatoms. The first-order valence-electron chi connectivity index (χ1n) is 8.54. The molecule has 0 aliphatic carbocycles. The fourth-order valence-electron chi connectivity index (χ4n) is 3.54. The van der Waals surface area contributed by atoms with Crippen molar-refractivity contribution >= 4 is 66.7 Å². The summed E-state index contributed by atoms with van der Waals surface area (Å²) in [6.45, 7) is 0. The number of halogens is 1. The zero-order valence-electron chi connectivity index (χ0n) is 13.9. The van der Waals surface area contributed by atoms with E-state index in [1.54, 1.807) is 0 Å². The number of hydrogen-bond donors (Lipinski definition) is 0. The lowest BCUT2D eigenvalue weighted by Crippen LogP contribution is -1.85. The predicted molar refractivity (Wildman–Crippen MR) is 115 cm³/mol. The van der Waals surface area contributed by atoms with Gasteiger partial charge in [0.2, 0.25) is 0 Å². The van der Waals surface area contributed by atoms with E-state index >= 15 is 0 Å². The summed E-state index contributed by atoms with van der Waals surface area (Å²) >= 11 is 2.20. The lowest BCUT2D eigenvalue weighted by atomic mass is 10.1. The molecular formula is C22H11IN2O2. The first-order chi connectivity index (χ1) is 13.3. The van der Waals surface area contributed by atoms with E-state index in [1.165, 1.54) is 0 Å². The molecule has 0 radical (unpaired) electrons. The SMILES string of the molecule is Ic1ccc2oc3ccc(-c4ccc5oc6ccccc6c5c4)nc3c2n1. The van der Waals surface area contributed by atoms with E-state index in [0.29, 0.717) is 0 Å². The van der Waals surface area contributed by atoms with Crippen LogP contribution in [0.15, 0.2) is 75.6 Å². The maximum Gasteiger partial charge on any atom is 0.155 e. The first kappa shape index (κ1) is 15.2. The Morgan fingerprint density at radius 1 is 0.630 bits per heavy atom. The van der Waals surface area contributed by atoms with Crippen molar-refractivity contribution in [2.75, 3.05) is 0 Å². The third kappa shape index (κ3) is 2.28. The number of fused-ring (bicyclic) bond motifs is 6. The van der Waals surface area contributed by atoms with Crippen LogP contribution in [-0.2, 0) is 0 Å². The number of aromatic nitrogens is 2. The summed E-state index contributed by atoms with van der Waals surface area (Å²) in [5.41, 5.74) is 6.80. The molecule has 2 aromatic carbocycles. The fraction of sp³-hybridized carbons (Fsp3) is 0. The van der Waals surface area contributed by atoms with Crippen LogP contribution in [0.5, 0.6) is 0 Å². The predicted octanol–water partition coefficient (Wildman–Crippen LogP) is 6.55. The standard InChI is InChI=1S/C22H11IN2O2/c23-20-10-9-19-22(25-20)21-18(27-19)8-6-15(24-21)12-5-7-17-14(11-12)13-3-1-2-4-16(13)26-17/h1-11H. The Morgan fingerprint density at radius 3 is 2.26 bits per heavy atom. The molecule has 128 valence electrons. The molecule has 4 heterocycles. The lowest BCUT2D eigenvalue weighted by molar-refractivity contribution is 0.667. The number of benzene rings is 2. The van der Waals surface area contributed by atoms with Gasteiger partial charge < -0.3 is 8.83 Å². The molecule has 6 rings (SSSR count). The zero-order valence-corrected chi connectivity index (χ0v) is 16.1. The Kier molecular flexibility index (Phi) is 3.11. The van der Waals surface area contributed by atoms with Gasteiger partial charge in [-0.2, -0.15) is 0 Å². The highest BCUT2D eigenvalue weighted by atomic mass is 127. The first-order valence-corrected chi connectivity index (χ1v) is 9.62. The van der Waals surface area contributed by atoms with Crippen LogP contribution in [0.2, 0.25) is 0 Å². The summed E-state index contributed by atoms with van der Waals surface area (Å²) in [6, 6.07) is 22.1. The molecule has 0 N–H and O–H groups in total. The fourth-order valence-corrected chi connectivity index (χ4v) is 3.96. The number of para-hydroxylation sites is 1. The minimum absolute atomic E-state index is 0.748. The third-order valence-corrected chi connectivity index (χ3v) is 5.40. The quantitative estimate of drug-likeness (QED) is 0.206. The smallest absolute Gasteiger partial charge is 0.155 e. The number of pyridine rings is 2. The minimum atomic E-state index is 0.748. The van der Waals surface area contributed by atoms with Crippen LogP contribution in [0.1, 0.15) is 0 Å². The van der Waals surface area contributed by atoms with E-state index in [0.717, 1.165) is 59.1 Å². The largest absolute Gasteiger partial charge is 0.456 e. The van der Waals surface area contributed by atoms with Crippen molar-refractivity contribution < 1.29 is 8.83 Å². The Bertz CT molecular complexity index is 1500. The molecule has 0 amide bonds. The molecule has 6 aromatic rings. The molecule has 4 nitrogen and oxygen atoms in total. The van der Waals surface area contributed by atoms with Gasteiger partial charge in [-0.05, 0) is 71.1 Å². The normalized spacial score (nSPS) is 11.9. The van der Waals surface area contributed by atoms with E-state index in [9.17, 15) is 0 Å². The summed E-state index contributed by atoms with van der Waals surface area (Å²) in [7, 11) is 0. The Hall–Kier alpha value is -2.93.